The Balaban J connectivity index is 1.58. The molecule has 1 aromatic heterocycles. The van der Waals surface area contributed by atoms with Gasteiger partial charge >= 0.3 is 5.97 Å². The fourth-order valence-corrected chi connectivity index (χ4v) is 4.17. The molecule has 0 unspecified atom stereocenters. The number of ether oxygens (including phenoxy) is 1. The van der Waals surface area contributed by atoms with Gasteiger partial charge in [-0.2, -0.15) is 0 Å². The maximum Gasteiger partial charge on any atom is 0.347 e. The summed E-state index contributed by atoms with van der Waals surface area (Å²) >= 11 is 1.20. The first kappa shape index (κ1) is 18.2. The van der Waals surface area contributed by atoms with Crippen molar-refractivity contribution in [1.82, 2.24) is 4.98 Å². The fourth-order valence-electron chi connectivity index (χ4n) is 3.18. The molecule has 0 radical (unpaired) electrons. The lowest BCUT2D eigenvalue weighted by Gasteiger charge is -2.10. The topological polar surface area (TPSA) is 59.4 Å². The van der Waals surface area contributed by atoms with Gasteiger partial charge in [0.2, 0.25) is 0 Å². The average molecular weight is 389 g/mol. The molecule has 0 aliphatic carbocycles. The van der Waals surface area contributed by atoms with Gasteiger partial charge in [-0.25, -0.2) is 9.78 Å². The van der Waals surface area contributed by atoms with Crippen LogP contribution < -0.4 is 4.74 Å². The van der Waals surface area contributed by atoms with Gasteiger partial charge in [-0.05, 0) is 34.9 Å². The molecule has 28 heavy (non-hydrogen) atoms. The number of carboxylic acid groups (broad SMARTS) is 1. The van der Waals surface area contributed by atoms with Gasteiger partial charge in [-0.3, -0.25) is 0 Å². The van der Waals surface area contributed by atoms with E-state index in [0.29, 0.717) is 28.6 Å². The number of aryl methyl sites for hydroxylation is 1. The molecular weight excluding hydrogens is 370 g/mol. The van der Waals surface area contributed by atoms with Crippen LogP contribution in [0.2, 0.25) is 0 Å². The fraction of sp³-hybridized carbons (Fsp3) is 0.130. The SMILES string of the molecule is CCc1nc(-c2cccc(OCc3cccc4ccccc34)c2)sc1C(=O)O. The minimum atomic E-state index is -0.927. The van der Waals surface area contributed by atoms with E-state index in [1.54, 1.807) is 0 Å². The van der Waals surface area contributed by atoms with Crippen molar-refractivity contribution in [2.24, 2.45) is 0 Å². The lowest BCUT2D eigenvalue weighted by atomic mass is 10.1. The standard InChI is InChI=1S/C23H19NO3S/c1-2-20-21(23(25)26)28-22(24-20)16-9-6-11-18(13-16)27-14-17-10-5-8-15-7-3-4-12-19(15)17/h3-13H,2,14H2,1H3,(H,25,26). The van der Waals surface area contributed by atoms with E-state index >= 15 is 0 Å². The summed E-state index contributed by atoms with van der Waals surface area (Å²) in [4.78, 5) is 16.2. The van der Waals surface area contributed by atoms with E-state index in [9.17, 15) is 9.90 Å². The van der Waals surface area contributed by atoms with Gasteiger partial charge in [-0.1, -0.05) is 61.5 Å². The molecule has 0 amide bonds. The van der Waals surface area contributed by atoms with Gasteiger partial charge in [0.05, 0.1) is 5.69 Å². The zero-order valence-electron chi connectivity index (χ0n) is 15.4. The summed E-state index contributed by atoms with van der Waals surface area (Å²) in [6, 6.07) is 22.1. The molecular formula is C23H19NO3S. The monoisotopic (exact) mass is 389 g/mol. The summed E-state index contributed by atoms with van der Waals surface area (Å²) in [5, 5.41) is 12.4. The third kappa shape index (κ3) is 3.62. The number of carbonyl (C=O) groups is 1. The van der Waals surface area contributed by atoms with Crippen molar-refractivity contribution < 1.29 is 14.6 Å². The van der Waals surface area contributed by atoms with Crippen LogP contribution in [0.25, 0.3) is 21.3 Å². The van der Waals surface area contributed by atoms with Gasteiger partial charge in [0, 0.05) is 5.56 Å². The largest absolute Gasteiger partial charge is 0.489 e. The van der Waals surface area contributed by atoms with Crippen molar-refractivity contribution in [2.45, 2.75) is 20.0 Å². The Hall–Kier alpha value is -3.18. The van der Waals surface area contributed by atoms with Gasteiger partial charge in [-0.15, -0.1) is 11.3 Å². The molecule has 0 aliphatic rings. The van der Waals surface area contributed by atoms with Crippen molar-refractivity contribution in [3.8, 4) is 16.3 Å². The minimum Gasteiger partial charge on any atom is -0.489 e. The van der Waals surface area contributed by atoms with Crippen LogP contribution in [0.4, 0.5) is 0 Å². The number of benzene rings is 3. The highest BCUT2D eigenvalue weighted by atomic mass is 32.1. The van der Waals surface area contributed by atoms with E-state index in [2.05, 4.69) is 29.2 Å². The number of thiazole rings is 1. The molecule has 140 valence electrons. The quantitative estimate of drug-likeness (QED) is 0.452. The van der Waals surface area contributed by atoms with Crippen molar-refractivity contribution >= 4 is 28.1 Å². The Kier molecular flexibility index (Phi) is 5.08. The number of hydrogen-bond acceptors (Lipinski definition) is 4. The van der Waals surface area contributed by atoms with Crippen molar-refractivity contribution in [1.29, 1.82) is 0 Å². The van der Waals surface area contributed by atoms with Crippen LogP contribution in [0.3, 0.4) is 0 Å². The minimum absolute atomic E-state index is 0.305. The van der Waals surface area contributed by atoms with Crippen LogP contribution in [-0.2, 0) is 13.0 Å². The summed E-state index contributed by atoms with van der Waals surface area (Å²) in [6.07, 6.45) is 0.593. The molecule has 1 N–H and O–H groups in total. The Labute approximate surface area is 167 Å². The summed E-state index contributed by atoms with van der Waals surface area (Å²) in [6.45, 7) is 2.37. The molecule has 3 aromatic carbocycles. The zero-order chi connectivity index (χ0) is 19.5. The second-order valence-electron chi connectivity index (χ2n) is 6.41. The van der Waals surface area contributed by atoms with E-state index in [-0.39, 0.29) is 0 Å². The second-order valence-corrected chi connectivity index (χ2v) is 7.41. The molecule has 0 bridgehead atoms. The summed E-state index contributed by atoms with van der Waals surface area (Å²) in [7, 11) is 0. The highest BCUT2D eigenvalue weighted by Crippen LogP contribution is 2.31. The lowest BCUT2D eigenvalue weighted by Crippen LogP contribution is -1.97. The zero-order valence-corrected chi connectivity index (χ0v) is 16.2. The number of nitrogens with zero attached hydrogens (tertiary/aromatic N) is 1. The van der Waals surface area contributed by atoms with E-state index in [1.165, 1.54) is 22.1 Å². The molecule has 0 fully saturated rings. The predicted octanol–water partition coefficient (Wildman–Crippen LogP) is 5.80. The molecule has 5 heteroatoms. The predicted molar refractivity (Wildman–Crippen MR) is 112 cm³/mol. The maximum atomic E-state index is 11.4. The molecule has 0 aliphatic heterocycles. The smallest absolute Gasteiger partial charge is 0.347 e. The molecule has 4 aromatic rings. The number of carboxylic acids is 1. The van der Waals surface area contributed by atoms with Crippen LogP contribution in [0, 0.1) is 0 Å². The van der Waals surface area contributed by atoms with Gasteiger partial charge < -0.3 is 9.84 Å². The molecule has 4 nitrogen and oxygen atoms in total. The van der Waals surface area contributed by atoms with E-state index in [0.717, 1.165) is 16.9 Å². The van der Waals surface area contributed by atoms with Crippen LogP contribution in [-0.4, -0.2) is 16.1 Å². The number of rotatable bonds is 6. The highest BCUT2D eigenvalue weighted by molar-refractivity contribution is 7.17. The molecule has 0 spiro atoms. The van der Waals surface area contributed by atoms with Crippen molar-refractivity contribution in [3.05, 3.63) is 82.9 Å². The average Bonchev–Trinajstić information content (AvgIpc) is 3.17. The Morgan fingerprint density at radius 1 is 1.07 bits per heavy atom. The van der Waals surface area contributed by atoms with Gasteiger partial charge in [0.15, 0.2) is 0 Å². The Morgan fingerprint density at radius 2 is 1.86 bits per heavy atom. The second kappa shape index (κ2) is 7.82. The van der Waals surface area contributed by atoms with E-state index in [1.807, 2.05) is 49.4 Å². The maximum absolute atomic E-state index is 11.4. The first-order valence-corrected chi connectivity index (χ1v) is 9.90. The first-order valence-electron chi connectivity index (χ1n) is 9.08. The molecule has 0 saturated carbocycles. The Morgan fingerprint density at radius 3 is 2.64 bits per heavy atom. The number of fused-ring (bicyclic) bond motifs is 1. The van der Waals surface area contributed by atoms with Crippen LogP contribution in [0.15, 0.2) is 66.7 Å². The normalized spacial score (nSPS) is 10.9. The molecule has 0 saturated heterocycles. The van der Waals surface area contributed by atoms with Gasteiger partial charge in [0.1, 0.15) is 22.2 Å². The summed E-state index contributed by atoms with van der Waals surface area (Å²) < 4.78 is 6.03. The van der Waals surface area contributed by atoms with Gasteiger partial charge in [0.25, 0.3) is 0 Å². The number of hydrogen-bond donors (Lipinski definition) is 1. The lowest BCUT2D eigenvalue weighted by molar-refractivity contribution is 0.0701. The number of aromatic nitrogens is 1. The number of aromatic carboxylic acids is 1. The van der Waals surface area contributed by atoms with Crippen LogP contribution in [0.1, 0.15) is 27.9 Å². The van der Waals surface area contributed by atoms with Crippen molar-refractivity contribution in [2.75, 3.05) is 0 Å². The summed E-state index contributed by atoms with van der Waals surface area (Å²) in [5.41, 5.74) is 2.61. The van der Waals surface area contributed by atoms with E-state index < -0.39 is 5.97 Å². The third-order valence-electron chi connectivity index (χ3n) is 4.58. The highest BCUT2D eigenvalue weighted by Gasteiger charge is 2.17. The first-order chi connectivity index (χ1) is 13.7. The van der Waals surface area contributed by atoms with Crippen molar-refractivity contribution in [3.63, 3.8) is 0 Å². The molecule has 1 heterocycles. The van der Waals surface area contributed by atoms with E-state index in [4.69, 9.17) is 4.74 Å². The van der Waals surface area contributed by atoms with Crippen LogP contribution in [0.5, 0.6) is 5.75 Å². The van der Waals surface area contributed by atoms with Crippen LogP contribution >= 0.6 is 11.3 Å². The Bertz CT molecular complexity index is 1140. The molecule has 0 atom stereocenters. The molecule has 4 rings (SSSR count). The summed E-state index contributed by atoms with van der Waals surface area (Å²) in [5.74, 6) is -0.195. The third-order valence-corrected chi connectivity index (χ3v) is 5.72.